The second-order valence-electron chi connectivity index (χ2n) is 0.513. The summed E-state index contributed by atoms with van der Waals surface area (Å²) in [6.07, 6.45) is 0. The van der Waals surface area contributed by atoms with Gasteiger partial charge in [-0.15, -0.1) is 0 Å². The van der Waals surface area contributed by atoms with E-state index in [1.807, 2.05) is 0 Å². The maximum absolute atomic E-state index is 8.88. The Morgan fingerprint density at radius 2 is 0.889 bits per heavy atom. The Morgan fingerprint density at radius 1 is 0.889 bits per heavy atom. The maximum atomic E-state index is 8.88. The van der Waals surface area contributed by atoms with Gasteiger partial charge >= 0.3 is 144 Å². The molecule has 0 aliphatic rings. The molecule has 0 fully saturated rings. The van der Waals surface area contributed by atoms with E-state index in [9.17, 15) is 0 Å². The van der Waals surface area contributed by atoms with Crippen LogP contribution in [0, 0.1) is 0 Å². The predicted octanol–water partition coefficient (Wildman–Crippen LogP) is -4.59. The molecule has 0 radical (unpaired) electrons. The first-order valence-corrected chi connectivity index (χ1v) is 2.35. The van der Waals surface area contributed by atoms with Gasteiger partial charge in [-0.05, 0) is 0 Å². The van der Waals surface area contributed by atoms with Crippen LogP contribution in [0.1, 0.15) is 0 Å². The number of rotatable bonds is 0. The van der Waals surface area contributed by atoms with Gasteiger partial charge in [0.25, 0.3) is 0 Å². The molecule has 0 spiro atoms. The van der Waals surface area contributed by atoms with E-state index >= 15 is 0 Å². The van der Waals surface area contributed by atoms with Crippen molar-refractivity contribution in [2.24, 2.45) is 0 Å². The fourth-order valence-electron chi connectivity index (χ4n) is 0. The SMILES string of the molecule is O=P(O)(O)O.[CaH2].[CaH2].[CaH2].[MgH2]. The van der Waals surface area contributed by atoms with Crippen LogP contribution in [0.4, 0.5) is 0 Å². The van der Waals surface area contributed by atoms with E-state index in [0.717, 1.165) is 0 Å². The zero-order valence-corrected chi connectivity index (χ0v) is 3.09. The molecule has 9 heavy (non-hydrogen) atoms. The second kappa shape index (κ2) is 15.1. The van der Waals surface area contributed by atoms with Gasteiger partial charge in [-0.2, -0.15) is 0 Å². The smallest absolute Gasteiger partial charge is 0.316 e. The molecule has 3 N–H and O–H groups in total. The number of phosphoric acid groups is 1. The quantitative estimate of drug-likeness (QED) is 0.299. The summed E-state index contributed by atoms with van der Waals surface area (Å²) in [6.45, 7) is 0. The molecule has 0 bridgehead atoms. The van der Waals surface area contributed by atoms with Crippen molar-refractivity contribution in [3.8, 4) is 0 Å². The van der Waals surface area contributed by atoms with E-state index in [-0.39, 0.29) is 136 Å². The first kappa shape index (κ1) is 29.2. The molecule has 0 saturated carbocycles. The van der Waals surface area contributed by atoms with Crippen molar-refractivity contribution >= 4 is 144 Å². The normalized spacial score (nSPS) is 6.56. The topological polar surface area (TPSA) is 77.8 Å². The molecular weight excluding hydrogens is 240 g/mol. The monoisotopic (exact) mass is 250 g/mol. The molecule has 4 nitrogen and oxygen atoms in total. The molecule has 0 aromatic carbocycles. The zero-order valence-electron chi connectivity index (χ0n) is 2.20. The van der Waals surface area contributed by atoms with Crippen LogP contribution in [0.2, 0.25) is 0 Å². The van der Waals surface area contributed by atoms with Crippen LogP contribution in [0.5, 0.6) is 0 Å². The largest absolute Gasteiger partial charge is 0.316 e. The minimum absolute atomic E-state index is 0. The van der Waals surface area contributed by atoms with Crippen LogP contribution in [0.25, 0.3) is 0 Å². The van der Waals surface area contributed by atoms with E-state index in [2.05, 4.69) is 0 Å². The van der Waals surface area contributed by atoms with Crippen LogP contribution in [-0.4, -0.2) is 151 Å². The van der Waals surface area contributed by atoms with Crippen molar-refractivity contribution < 1.29 is 19.2 Å². The Labute approximate surface area is 159 Å². The molecule has 0 atom stereocenters. The van der Waals surface area contributed by atoms with E-state index in [4.69, 9.17) is 19.2 Å². The molecule has 0 amide bonds. The summed E-state index contributed by atoms with van der Waals surface area (Å²) in [5.41, 5.74) is 0. The van der Waals surface area contributed by atoms with Gasteiger partial charge in [-0.25, -0.2) is 4.57 Å². The van der Waals surface area contributed by atoms with Gasteiger partial charge in [-0.3, -0.25) is 0 Å². The molecule has 0 aromatic rings. The third-order valence-corrected chi connectivity index (χ3v) is 0. The fraction of sp³-hybridized carbons (Fsp3) is 0. The molecule has 48 valence electrons. The minimum atomic E-state index is -4.64. The van der Waals surface area contributed by atoms with Crippen LogP contribution in [0.3, 0.4) is 0 Å². The molecule has 9 heteroatoms. The van der Waals surface area contributed by atoms with Crippen LogP contribution < -0.4 is 0 Å². The van der Waals surface area contributed by atoms with Crippen molar-refractivity contribution in [3.63, 3.8) is 0 Å². The van der Waals surface area contributed by atoms with Gasteiger partial charge in [0.2, 0.25) is 0 Å². The molecule has 0 aromatic heterocycles. The molecule has 0 rings (SSSR count). The molecule has 0 aliphatic carbocycles. The molecule has 0 aliphatic heterocycles. The van der Waals surface area contributed by atoms with E-state index in [1.165, 1.54) is 0 Å². The summed E-state index contributed by atoms with van der Waals surface area (Å²) in [4.78, 5) is 21.6. The van der Waals surface area contributed by atoms with Gasteiger partial charge < -0.3 is 14.7 Å². The number of hydrogen-bond donors (Lipinski definition) is 3. The Balaban J connectivity index is -0.0000000133. The van der Waals surface area contributed by atoms with Crippen molar-refractivity contribution in [3.05, 3.63) is 0 Å². The Hall–Kier alpha value is 4.66. The third kappa shape index (κ3) is 66.3. The summed E-state index contributed by atoms with van der Waals surface area (Å²) >= 11 is 0. The van der Waals surface area contributed by atoms with Gasteiger partial charge in [0.05, 0.1) is 0 Å². The predicted molar refractivity (Wildman–Crippen MR) is 48.4 cm³/mol. The Kier molecular flexibility index (Phi) is 49.1. The van der Waals surface area contributed by atoms with Crippen molar-refractivity contribution in [1.29, 1.82) is 0 Å². The first-order valence-electron chi connectivity index (χ1n) is 0.783. The molecular formula is H11Ca3MgO4P. The average molecular weight is 251 g/mol. The molecule has 0 heterocycles. The molecule has 0 saturated heterocycles. The Bertz CT molecular complexity index is 61.9. The first-order chi connectivity index (χ1) is 2.00. The van der Waals surface area contributed by atoms with Gasteiger partial charge in [0.15, 0.2) is 0 Å². The van der Waals surface area contributed by atoms with Crippen LogP contribution >= 0.6 is 7.82 Å². The summed E-state index contributed by atoms with van der Waals surface area (Å²) in [5, 5.41) is 0. The van der Waals surface area contributed by atoms with Gasteiger partial charge in [0, 0.05) is 0 Å². The summed E-state index contributed by atoms with van der Waals surface area (Å²) in [5.74, 6) is 0. The maximum Gasteiger partial charge on any atom is 0.316 e. The molecule has 0 unspecified atom stereocenters. The minimum Gasteiger partial charge on any atom is 0.316 e. The standard InChI is InChI=1S/3Ca.Mg.H3O4P.8H/c;;;;1-5(2,3)4;;;;;;;;/h;;;;(H3,1,2,3,4);;;;;;;;. The van der Waals surface area contributed by atoms with Crippen LogP contribution in [0.15, 0.2) is 0 Å². The Morgan fingerprint density at radius 3 is 0.889 bits per heavy atom. The summed E-state index contributed by atoms with van der Waals surface area (Å²) in [7, 11) is -4.64. The third-order valence-electron chi connectivity index (χ3n) is 0. The van der Waals surface area contributed by atoms with E-state index in [0.29, 0.717) is 0 Å². The van der Waals surface area contributed by atoms with Gasteiger partial charge in [-0.1, -0.05) is 0 Å². The summed E-state index contributed by atoms with van der Waals surface area (Å²) < 4.78 is 8.88. The second-order valence-corrected chi connectivity index (χ2v) is 1.54. The zero-order chi connectivity index (χ0) is 4.50. The van der Waals surface area contributed by atoms with E-state index in [1.54, 1.807) is 0 Å². The number of hydrogen-bond acceptors (Lipinski definition) is 1. The van der Waals surface area contributed by atoms with Crippen molar-refractivity contribution in [2.75, 3.05) is 0 Å². The van der Waals surface area contributed by atoms with Crippen molar-refractivity contribution in [1.82, 2.24) is 0 Å². The van der Waals surface area contributed by atoms with Crippen LogP contribution in [-0.2, 0) is 4.57 Å². The average Bonchev–Trinajstić information content (AvgIpc) is 0.722. The van der Waals surface area contributed by atoms with E-state index < -0.39 is 7.82 Å². The summed E-state index contributed by atoms with van der Waals surface area (Å²) in [6, 6.07) is 0. The fourth-order valence-corrected chi connectivity index (χ4v) is 0. The van der Waals surface area contributed by atoms with Crippen molar-refractivity contribution in [2.45, 2.75) is 0 Å². The van der Waals surface area contributed by atoms with Gasteiger partial charge in [0.1, 0.15) is 0 Å².